The van der Waals surface area contributed by atoms with Gasteiger partial charge in [0.1, 0.15) is 5.71 Å². The van der Waals surface area contributed by atoms with Gasteiger partial charge in [0.2, 0.25) is 0 Å². The van der Waals surface area contributed by atoms with Gasteiger partial charge in [-0.05, 0) is 25.1 Å². The average Bonchev–Trinajstić information content (AvgIpc) is 2.27. The van der Waals surface area contributed by atoms with Crippen LogP contribution in [0, 0.1) is 0 Å². The molecule has 0 atom stereocenters. The van der Waals surface area contributed by atoms with E-state index in [4.69, 9.17) is 5.21 Å². The number of nitrogens with zero attached hydrogens (tertiary/aromatic N) is 1. The molecule has 1 amide bonds. The third-order valence-corrected chi connectivity index (χ3v) is 1.93. The van der Waals surface area contributed by atoms with Crippen LogP contribution in [0.3, 0.4) is 0 Å². The van der Waals surface area contributed by atoms with E-state index < -0.39 is 17.6 Å². The molecule has 0 aliphatic rings. The van der Waals surface area contributed by atoms with Crippen LogP contribution in [-0.4, -0.2) is 16.8 Å². The quantitative estimate of drug-likeness (QED) is 0.478. The number of hydrogen-bond acceptors (Lipinski definition) is 3. The molecule has 1 aromatic rings. The number of carbonyl (C=O) groups is 1. The van der Waals surface area contributed by atoms with Gasteiger partial charge in [-0.2, -0.15) is 13.2 Å². The van der Waals surface area contributed by atoms with Gasteiger partial charge in [-0.1, -0.05) is 11.2 Å². The molecule has 0 bridgehead atoms. The van der Waals surface area contributed by atoms with E-state index in [0.29, 0.717) is 0 Å². The summed E-state index contributed by atoms with van der Waals surface area (Å²) < 4.78 is 37.1. The van der Waals surface area contributed by atoms with Crippen LogP contribution in [0.25, 0.3) is 0 Å². The fraction of sp³-hybridized carbons (Fsp3) is 0.200. The smallest absolute Gasteiger partial charge is 0.410 e. The first-order chi connectivity index (χ1) is 7.84. The van der Waals surface area contributed by atoms with Crippen LogP contribution in [0.1, 0.15) is 12.5 Å². The molecule has 7 heteroatoms. The Hall–Kier alpha value is -2.05. The van der Waals surface area contributed by atoms with E-state index in [1.807, 2.05) is 0 Å². The van der Waals surface area contributed by atoms with Crippen molar-refractivity contribution < 1.29 is 23.2 Å². The molecule has 0 heterocycles. The van der Waals surface area contributed by atoms with Gasteiger partial charge in [-0.3, -0.25) is 4.79 Å². The Bertz CT molecular complexity index is 455. The summed E-state index contributed by atoms with van der Waals surface area (Å²) in [5, 5.41) is 13.1. The van der Waals surface area contributed by atoms with E-state index in [-0.39, 0.29) is 11.4 Å². The first-order valence-electron chi connectivity index (χ1n) is 4.52. The lowest BCUT2D eigenvalue weighted by Crippen LogP contribution is -2.20. The highest BCUT2D eigenvalue weighted by Gasteiger charge is 2.30. The fourth-order valence-corrected chi connectivity index (χ4v) is 1.04. The van der Waals surface area contributed by atoms with Gasteiger partial charge in [0, 0.05) is 5.69 Å². The monoisotopic (exact) mass is 246 g/mol. The predicted molar refractivity (Wildman–Crippen MR) is 55.0 cm³/mol. The molecular formula is C10H9F3N2O2. The number of carbonyl (C=O) groups excluding carboxylic acids is 1. The summed E-state index contributed by atoms with van der Waals surface area (Å²) in [6, 6.07) is 4.16. The van der Waals surface area contributed by atoms with Gasteiger partial charge >= 0.3 is 6.18 Å². The topological polar surface area (TPSA) is 61.7 Å². The highest BCUT2D eigenvalue weighted by molar-refractivity contribution is 6.42. The zero-order chi connectivity index (χ0) is 13.1. The highest BCUT2D eigenvalue weighted by atomic mass is 19.4. The summed E-state index contributed by atoms with van der Waals surface area (Å²) in [5.74, 6) is -0.771. The van der Waals surface area contributed by atoms with Crippen LogP contribution in [0.15, 0.2) is 29.4 Å². The van der Waals surface area contributed by atoms with Crippen LogP contribution in [0.5, 0.6) is 0 Å². The lowest BCUT2D eigenvalue weighted by molar-refractivity contribution is -0.137. The van der Waals surface area contributed by atoms with Crippen LogP contribution < -0.4 is 5.32 Å². The average molecular weight is 246 g/mol. The minimum atomic E-state index is -4.47. The van der Waals surface area contributed by atoms with Gasteiger partial charge in [0.25, 0.3) is 5.91 Å². The number of hydrogen-bond donors (Lipinski definition) is 2. The number of benzene rings is 1. The lowest BCUT2D eigenvalue weighted by atomic mass is 10.2. The molecule has 4 nitrogen and oxygen atoms in total. The number of amides is 1. The summed E-state index contributed by atoms with van der Waals surface area (Å²) in [4.78, 5) is 11.2. The molecule has 0 fully saturated rings. The molecule has 0 unspecified atom stereocenters. The van der Waals surface area contributed by atoms with Crippen molar-refractivity contribution in [2.75, 3.05) is 5.32 Å². The molecule has 0 aliphatic heterocycles. The first-order valence-corrected chi connectivity index (χ1v) is 4.52. The van der Waals surface area contributed by atoms with Gasteiger partial charge < -0.3 is 10.5 Å². The largest absolute Gasteiger partial charge is 0.416 e. The normalized spacial score (nSPS) is 12.4. The van der Waals surface area contributed by atoms with Gasteiger partial charge in [-0.25, -0.2) is 0 Å². The Labute approximate surface area is 94.7 Å². The maximum Gasteiger partial charge on any atom is 0.416 e. The van der Waals surface area contributed by atoms with Crippen molar-refractivity contribution >= 4 is 17.3 Å². The molecule has 0 spiro atoms. The van der Waals surface area contributed by atoms with Crippen molar-refractivity contribution in [1.29, 1.82) is 0 Å². The molecule has 0 radical (unpaired) electrons. The van der Waals surface area contributed by atoms with Crippen LogP contribution in [0.2, 0.25) is 0 Å². The molecule has 0 saturated heterocycles. The third-order valence-electron chi connectivity index (χ3n) is 1.93. The summed E-state index contributed by atoms with van der Waals surface area (Å²) in [6.45, 7) is 1.23. The molecule has 1 rings (SSSR count). The molecule has 0 saturated carbocycles. The molecule has 92 valence electrons. The van der Waals surface area contributed by atoms with Crippen molar-refractivity contribution in [2.24, 2.45) is 5.16 Å². The Morgan fingerprint density at radius 3 is 2.59 bits per heavy atom. The van der Waals surface area contributed by atoms with E-state index >= 15 is 0 Å². The third kappa shape index (κ3) is 3.47. The van der Waals surface area contributed by atoms with Crippen LogP contribution in [0.4, 0.5) is 18.9 Å². The summed E-state index contributed by atoms with van der Waals surface area (Å²) in [7, 11) is 0. The summed E-state index contributed by atoms with van der Waals surface area (Å²) in [6.07, 6.45) is -4.47. The van der Waals surface area contributed by atoms with Crippen LogP contribution >= 0.6 is 0 Å². The van der Waals surface area contributed by atoms with Crippen molar-refractivity contribution in [3.63, 3.8) is 0 Å². The Morgan fingerprint density at radius 2 is 2.06 bits per heavy atom. The number of oxime groups is 1. The summed E-state index contributed by atoms with van der Waals surface area (Å²) in [5.41, 5.74) is -1.14. The maximum absolute atomic E-state index is 12.4. The van der Waals surface area contributed by atoms with Crippen molar-refractivity contribution in [1.82, 2.24) is 0 Å². The minimum absolute atomic E-state index is 0.0205. The predicted octanol–water partition coefficient (Wildman–Crippen LogP) is 2.49. The first kappa shape index (κ1) is 13.0. The maximum atomic E-state index is 12.4. The second-order valence-electron chi connectivity index (χ2n) is 3.22. The fourth-order valence-electron chi connectivity index (χ4n) is 1.04. The van der Waals surface area contributed by atoms with Crippen molar-refractivity contribution in [3.05, 3.63) is 29.8 Å². The standard InChI is InChI=1S/C10H9F3N2O2/c1-6(15-17)9(16)14-8-4-2-3-7(5-8)10(11,12)13/h2-5,17H,1H3,(H,14,16)/b15-6+. The number of nitrogens with one attached hydrogen (secondary N) is 1. The zero-order valence-corrected chi connectivity index (χ0v) is 8.75. The second kappa shape index (κ2) is 4.86. The Kier molecular flexibility index (Phi) is 3.72. The zero-order valence-electron chi connectivity index (χ0n) is 8.75. The molecule has 0 aromatic heterocycles. The SMILES string of the molecule is C/C(=N\O)C(=O)Nc1cccc(C(F)(F)F)c1. The van der Waals surface area contributed by atoms with Gasteiger partial charge in [0.15, 0.2) is 0 Å². The summed E-state index contributed by atoms with van der Waals surface area (Å²) >= 11 is 0. The molecule has 2 N–H and O–H groups in total. The molecular weight excluding hydrogens is 237 g/mol. The minimum Gasteiger partial charge on any atom is -0.410 e. The Morgan fingerprint density at radius 1 is 1.41 bits per heavy atom. The molecule has 17 heavy (non-hydrogen) atoms. The lowest BCUT2D eigenvalue weighted by Gasteiger charge is -2.09. The van der Waals surface area contributed by atoms with E-state index in [9.17, 15) is 18.0 Å². The van der Waals surface area contributed by atoms with Gasteiger partial charge in [0.05, 0.1) is 5.56 Å². The van der Waals surface area contributed by atoms with E-state index in [0.717, 1.165) is 12.1 Å². The van der Waals surface area contributed by atoms with Gasteiger partial charge in [-0.15, -0.1) is 0 Å². The van der Waals surface area contributed by atoms with E-state index in [1.54, 1.807) is 0 Å². The van der Waals surface area contributed by atoms with Crippen molar-refractivity contribution in [2.45, 2.75) is 13.1 Å². The number of halogens is 3. The van der Waals surface area contributed by atoms with Crippen LogP contribution in [-0.2, 0) is 11.0 Å². The Balaban J connectivity index is 2.91. The molecule has 0 aliphatic carbocycles. The highest BCUT2D eigenvalue weighted by Crippen LogP contribution is 2.30. The molecule has 1 aromatic carbocycles. The number of alkyl halides is 3. The van der Waals surface area contributed by atoms with Crippen molar-refractivity contribution in [3.8, 4) is 0 Å². The van der Waals surface area contributed by atoms with E-state index in [1.165, 1.54) is 19.1 Å². The number of rotatable bonds is 2. The van der Waals surface area contributed by atoms with E-state index in [2.05, 4.69) is 10.5 Å². The number of anilines is 1. The second-order valence-corrected chi connectivity index (χ2v) is 3.22.